The van der Waals surface area contributed by atoms with E-state index in [1.54, 1.807) is 11.0 Å². The molecule has 106 valence electrons. The average Bonchev–Trinajstić information content (AvgIpc) is 2.54. The van der Waals surface area contributed by atoms with Gasteiger partial charge in [-0.1, -0.05) is 48.5 Å². The van der Waals surface area contributed by atoms with E-state index in [4.69, 9.17) is 12.2 Å². The van der Waals surface area contributed by atoms with Crippen LogP contribution in [0.3, 0.4) is 0 Å². The maximum atomic E-state index is 11.9. The number of nitrogens with one attached hydrogen (secondary N) is 1. The van der Waals surface area contributed by atoms with Crippen molar-refractivity contribution < 1.29 is 4.79 Å². The fourth-order valence-corrected chi connectivity index (χ4v) is 1.94. The molecule has 0 unspecified atom stereocenters. The predicted molar refractivity (Wildman–Crippen MR) is 91.1 cm³/mol. The van der Waals surface area contributed by atoms with Gasteiger partial charge in [-0.05, 0) is 36.0 Å². The quantitative estimate of drug-likeness (QED) is 0.697. The van der Waals surface area contributed by atoms with Crippen molar-refractivity contribution in [3.63, 3.8) is 0 Å². The van der Waals surface area contributed by atoms with Crippen LogP contribution in [0.25, 0.3) is 6.08 Å². The molecule has 2 aromatic rings. The number of rotatable bonds is 3. The van der Waals surface area contributed by atoms with Crippen molar-refractivity contribution in [3.8, 4) is 0 Å². The number of hydrogen-bond donors (Lipinski definition) is 1. The van der Waals surface area contributed by atoms with Crippen LogP contribution in [0.2, 0.25) is 0 Å². The smallest absolute Gasteiger partial charge is 0.250 e. The number of amides is 1. The molecule has 1 amide bonds. The third kappa shape index (κ3) is 4.54. The Morgan fingerprint density at radius 2 is 1.62 bits per heavy atom. The SMILES string of the molecule is CN(C(=S)NC(=O)C=Cc1ccccc1)c1ccccc1. The molecule has 0 heterocycles. The van der Waals surface area contributed by atoms with Crippen molar-refractivity contribution in [1.29, 1.82) is 0 Å². The summed E-state index contributed by atoms with van der Waals surface area (Å²) in [4.78, 5) is 13.6. The summed E-state index contributed by atoms with van der Waals surface area (Å²) in [5.41, 5.74) is 1.89. The number of carbonyl (C=O) groups is 1. The molecule has 1 N–H and O–H groups in total. The van der Waals surface area contributed by atoms with Crippen molar-refractivity contribution in [2.24, 2.45) is 0 Å². The highest BCUT2D eigenvalue weighted by Crippen LogP contribution is 2.10. The number of anilines is 1. The maximum absolute atomic E-state index is 11.9. The molecule has 0 radical (unpaired) electrons. The number of benzene rings is 2. The van der Waals surface area contributed by atoms with Crippen molar-refractivity contribution >= 4 is 35.0 Å². The summed E-state index contributed by atoms with van der Waals surface area (Å²) in [5, 5.41) is 3.04. The zero-order valence-corrected chi connectivity index (χ0v) is 12.5. The summed E-state index contributed by atoms with van der Waals surface area (Å²) in [6, 6.07) is 19.3. The van der Waals surface area contributed by atoms with E-state index in [1.165, 1.54) is 6.08 Å². The lowest BCUT2D eigenvalue weighted by molar-refractivity contribution is -0.115. The molecule has 0 bridgehead atoms. The maximum Gasteiger partial charge on any atom is 0.250 e. The first-order chi connectivity index (χ1) is 10.2. The molecule has 0 aliphatic carbocycles. The number of thiocarbonyl (C=S) groups is 1. The standard InChI is InChI=1S/C17H16N2OS/c1-19(15-10-6-3-7-11-15)17(21)18-16(20)13-12-14-8-4-2-5-9-14/h2-13H,1H3,(H,18,20,21). The molecule has 4 heteroatoms. The van der Waals surface area contributed by atoms with E-state index in [-0.39, 0.29) is 5.91 Å². The summed E-state index contributed by atoms with van der Waals surface area (Å²) >= 11 is 5.23. The highest BCUT2D eigenvalue weighted by molar-refractivity contribution is 7.80. The van der Waals surface area contributed by atoms with Crippen LogP contribution in [0.5, 0.6) is 0 Å². The van der Waals surface area contributed by atoms with Gasteiger partial charge in [0.05, 0.1) is 0 Å². The van der Waals surface area contributed by atoms with Crippen LogP contribution in [-0.2, 0) is 4.79 Å². The monoisotopic (exact) mass is 296 g/mol. The Kier molecular flexibility index (Phi) is 5.23. The lowest BCUT2D eigenvalue weighted by Crippen LogP contribution is -2.39. The Hall–Kier alpha value is -2.46. The number of hydrogen-bond acceptors (Lipinski definition) is 2. The van der Waals surface area contributed by atoms with E-state index >= 15 is 0 Å². The minimum Gasteiger partial charge on any atom is -0.322 e. The topological polar surface area (TPSA) is 32.3 Å². The van der Waals surface area contributed by atoms with Crippen LogP contribution in [0.1, 0.15) is 5.56 Å². The van der Waals surface area contributed by atoms with E-state index in [0.29, 0.717) is 5.11 Å². The highest BCUT2D eigenvalue weighted by Gasteiger charge is 2.08. The molecular formula is C17H16N2OS. The lowest BCUT2D eigenvalue weighted by Gasteiger charge is -2.19. The number of carbonyl (C=O) groups excluding carboxylic acids is 1. The summed E-state index contributed by atoms with van der Waals surface area (Å²) in [6.07, 6.45) is 3.22. The molecule has 2 aromatic carbocycles. The van der Waals surface area contributed by atoms with Gasteiger partial charge in [-0.2, -0.15) is 0 Å². The fraction of sp³-hybridized carbons (Fsp3) is 0.0588. The molecule has 21 heavy (non-hydrogen) atoms. The van der Waals surface area contributed by atoms with Crippen molar-refractivity contribution in [2.45, 2.75) is 0 Å². The van der Waals surface area contributed by atoms with Gasteiger partial charge < -0.3 is 4.90 Å². The van der Waals surface area contributed by atoms with Gasteiger partial charge in [0.1, 0.15) is 0 Å². The average molecular weight is 296 g/mol. The Balaban J connectivity index is 1.93. The second-order valence-electron chi connectivity index (χ2n) is 4.43. The Labute approximate surface area is 129 Å². The molecular weight excluding hydrogens is 280 g/mol. The van der Waals surface area contributed by atoms with Crippen molar-refractivity contribution in [3.05, 3.63) is 72.3 Å². The zero-order chi connectivity index (χ0) is 15.1. The van der Waals surface area contributed by atoms with E-state index in [0.717, 1.165) is 11.3 Å². The molecule has 0 spiro atoms. The molecule has 0 saturated heterocycles. The van der Waals surface area contributed by atoms with Crippen LogP contribution >= 0.6 is 12.2 Å². The molecule has 0 aliphatic heterocycles. The predicted octanol–water partition coefficient (Wildman–Crippen LogP) is 3.24. The fourth-order valence-electron chi connectivity index (χ4n) is 1.74. The second-order valence-corrected chi connectivity index (χ2v) is 4.82. The van der Waals surface area contributed by atoms with Crippen LogP contribution in [0.4, 0.5) is 5.69 Å². The summed E-state index contributed by atoms with van der Waals surface area (Å²) < 4.78 is 0. The van der Waals surface area contributed by atoms with E-state index in [2.05, 4.69) is 5.32 Å². The normalized spacial score (nSPS) is 10.3. The minimum absolute atomic E-state index is 0.244. The molecule has 0 atom stereocenters. The van der Waals surface area contributed by atoms with Gasteiger partial charge in [0.15, 0.2) is 5.11 Å². The van der Waals surface area contributed by atoms with Crippen molar-refractivity contribution in [1.82, 2.24) is 5.32 Å². The van der Waals surface area contributed by atoms with E-state index in [9.17, 15) is 4.79 Å². The van der Waals surface area contributed by atoms with Gasteiger partial charge >= 0.3 is 0 Å². The van der Waals surface area contributed by atoms with Crippen LogP contribution in [0.15, 0.2) is 66.7 Å². The van der Waals surface area contributed by atoms with Gasteiger partial charge in [0, 0.05) is 18.8 Å². The van der Waals surface area contributed by atoms with E-state index in [1.807, 2.05) is 67.7 Å². The molecule has 0 saturated carbocycles. The van der Waals surface area contributed by atoms with Crippen LogP contribution in [0, 0.1) is 0 Å². The third-order valence-corrected chi connectivity index (χ3v) is 3.28. The van der Waals surface area contributed by atoms with Gasteiger partial charge in [-0.15, -0.1) is 0 Å². The Bertz CT molecular complexity index is 638. The van der Waals surface area contributed by atoms with Crippen molar-refractivity contribution in [2.75, 3.05) is 11.9 Å². The second kappa shape index (κ2) is 7.36. The van der Waals surface area contributed by atoms with Gasteiger partial charge in [-0.25, -0.2) is 0 Å². The molecule has 0 fully saturated rings. The van der Waals surface area contributed by atoms with Crippen LogP contribution < -0.4 is 10.2 Å². The molecule has 0 aromatic heterocycles. The first-order valence-corrected chi connectivity index (χ1v) is 6.94. The summed E-state index contributed by atoms with van der Waals surface area (Å²) in [7, 11) is 1.82. The van der Waals surface area contributed by atoms with Crippen LogP contribution in [-0.4, -0.2) is 18.1 Å². The minimum atomic E-state index is -0.244. The first kappa shape index (κ1) is 14.9. The zero-order valence-electron chi connectivity index (χ0n) is 11.7. The van der Waals surface area contributed by atoms with Gasteiger partial charge in [-0.3, -0.25) is 10.1 Å². The Morgan fingerprint density at radius 3 is 2.24 bits per heavy atom. The number of para-hydroxylation sites is 1. The summed E-state index contributed by atoms with van der Waals surface area (Å²) in [6.45, 7) is 0. The largest absolute Gasteiger partial charge is 0.322 e. The Morgan fingerprint density at radius 1 is 1.05 bits per heavy atom. The third-order valence-electron chi connectivity index (χ3n) is 2.90. The first-order valence-electron chi connectivity index (χ1n) is 6.53. The van der Waals surface area contributed by atoms with Gasteiger partial charge in [0.2, 0.25) is 5.91 Å². The molecule has 0 aliphatic rings. The number of nitrogens with zero attached hydrogens (tertiary/aromatic N) is 1. The van der Waals surface area contributed by atoms with Gasteiger partial charge in [0.25, 0.3) is 0 Å². The molecule has 2 rings (SSSR count). The lowest BCUT2D eigenvalue weighted by atomic mass is 10.2. The van der Waals surface area contributed by atoms with E-state index < -0.39 is 0 Å². The highest BCUT2D eigenvalue weighted by atomic mass is 32.1. The summed E-state index contributed by atoms with van der Waals surface area (Å²) in [5.74, 6) is -0.244. The molecule has 3 nitrogen and oxygen atoms in total.